The number of hydrogen-bond acceptors (Lipinski definition) is 4. The maximum absolute atomic E-state index is 12.2. The number of hydrogen-bond donors (Lipinski definition) is 1. The Kier molecular flexibility index (Phi) is 5.40. The van der Waals surface area contributed by atoms with E-state index in [-0.39, 0.29) is 17.4 Å². The molecule has 0 aromatic heterocycles. The van der Waals surface area contributed by atoms with Gasteiger partial charge in [0.15, 0.2) is 0 Å². The summed E-state index contributed by atoms with van der Waals surface area (Å²) in [6.07, 6.45) is 5.65. The third-order valence-electron chi connectivity index (χ3n) is 5.42. The highest BCUT2D eigenvalue weighted by molar-refractivity contribution is 5.88. The van der Waals surface area contributed by atoms with Crippen molar-refractivity contribution in [2.24, 2.45) is 5.41 Å². The summed E-state index contributed by atoms with van der Waals surface area (Å²) >= 11 is 0. The van der Waals surface area contributed by atoms with Crippen LogP contribution >= 0.6 is 0 Å². The molecule has 7 nitrogen and oxygen atoms in total. The second-order valence-corrected chi connectivity index (χ2v) is 7.05. The Hall–Kier alpha value is -1.60. The van der Waals surface area contributed by atoms with Crippen LogP contribution in [0, 0.1) is 5.41 Å². The maximum Gasteiger partial charge on any atom is 0.317 e. The van der Waals surface area contributed by atoms with Gasteiger partial charge in [-0.25, -0.2) is 4.79 Å². The van der Waals surface area contributed by atoms with E-state index in [1.165, 1.54) is 0 Å². The van der Waals surface area contributed by atoms with Gasteiger partial charge in [-0.05, 0) is 12.8 Å². The number of piperidine rings is 1. The van der Waals surface area contributed by atoms with Gasteiger partial charge in [-0.15, -0.1) is 0 Å². The van der Waals surface area contributed by atoms with Gasteiger partial charge in [0.25, 0.3) is 0 Å². The first-order chi connectivity index (χ1) is 11.6. The van der Waals surface area contributed by atoms with E-state index in [4.69, 9.17) is 4.74 Å². The molecule has 0 aromatic rings. The number of ether oxygens (including phenoxy) is 1. The van der Waals surface area contributed by atoms with Crippen LogP contribution in [0.4, 0.5) is 4.79 Å². The monoisotopic (exact) mass is 336 g/mol. The number of likely N-dealkylation sites (tertiary alicyclic amines) is 2. The molecule has 0 saturated carbocycles. The minimum atomic E-state index is 0.00292. The lowest BCUT2D eigenvalue weighted by atomic mass is 9.72. The summed E-state index contributed by atoms with van der Waals surface area (Å²) in [4.78, 5) is 29.9. The third-order valence-corrected chi connectivity index (χ3v) is 5.42. The smallest absolute Gasteiger partial charge is 0.317 e. The summed E-state index contributed by atoms with van der Waals surface area (Å²) in [6, 6.07) is 0.00292. The molecule has 3 heterocycles. The summed E-state index contributed by atoms with van der Waals surface area (Å²) in [5.41, 5.74) is 0.234. The van der Waals surface area contributed by atoms with Gasteiger partial charge < -0.3 is 19.9 Å². The van der Waals surface area contributed by atoms with Crippen LogP contribution in [0.5, 0.6) is 0 Å². The molecule has 3 fully saturated rings. The van der Waals surface area contributed by atoms with Gasteiger partial charge >= 0.3 is 6.03 Å². The number of nitrogens with zero attached hydrogens (tertiary/aromatic N) is 3. The summed E-state index contributed by atoms with van der Waals surface area (Å²) in [5.74, 6) is 0.114. The average molecular weight is 336 g/mol. The van der Waals surface area contributed by atoms with Crippen molar-refractivity contribution in [2.75, 3.05) is 66.1 Å². The molecular weight excluding hydrogens is 308 g/mol. The number of urea groups is 1. The van der Waals surface area contributed by atoms with E-state index in [0.717, 1.165) is 71.9 Å². The van der Waals surface area contributed by atoms with Crippen molar-refractivity contribution in [3.05, 3.63) is 12.2 Å². The van der Waals surface area contributed by atoms with E-state index in [2.05, 4.69) is 10.2 Å². The standard InChI is InChI=1S/C17H28N4O3/c1-18-16(23)20-7-4-17(5-8-20)13-21(14-17)15(22)3-2-6-19-9-11-24-12-10-19/h2-3H,4-14H2,1H3,(H,18,23)/b3-2+. The second kappa shape index (κ2) is 7.53. The minimum absolute atomic E-state index is 0.00292. The molecule has 3 aliphatic rings. The highest BCUT2D eigenvalue weighted by Crippen LogP contribution is 2.40. The quantitative estimate of drug-likeness (QED) is 0.745. The van der Waals surface area contributed by atoms with Crippen molar-refractivity contribution in [3.63, 3.8) is 0 Å². The predicted octanol–water partition coefficient (Wildman–Crippen LogP) is 0.139. The van der Waals surface area contributed by atoms with Crippen LogP contribution in [-0.4, -0.2) is 92.7 Å². The number of rotatable bonds is 3. The molecule has 0 radical (unpaired) electrons. The van der Waals surface area contributed by atoms with Crippen molar-refractivity contribution in [2.45, 2.75) is 12.8 Å². The van der Waals surface area contributed by atoms with Gasteiger partial charge in [-0.2, -0.15) is 0 Å². The van der Waals surface area contributed by atoms with Crippen molar-refractivity contribution in [1.29, 1.82) is 0 Å². The maximum atomic E-state index is 12.2. The third kappa shape index (κ3) is 3.89. The summed E-state index contributed by atoms with van der Waals surface area (Å²) < 4.78 is 5.32. The topological polar surface area (TPSA) is 65.1 Å². The highest BCUT2D eigenvalue weighted by atomic mass is 16.5. The fraction of sp³-hybridized carbons (Fsp3) is 0.765. The number of carbonyl (C=O) groups is 2. The van der Waals surface area contributed by atoms with Crippen LogP contribution in [0.15, 0.2) is 12.2 Å². The zero-order valence-electron chi connectivity index (χ0n) is 14.5. The van der Waals surface area contributed by atoms with Crippen molar-refractivity contribution in [1.82, 2.24) is 20.0 Å². The van der Waals surface area contributed by atoms with Crippen molar-refractivity contribution in [3.8, 4) is 0 Å². The zero-order valence-corrected chi connectivity index (χ0v) is 14.5. The Morgan fingerprint density at radius 1 is 1.08 bits per heavy atom. The summed E-state index contributed by atoms with van der Waals surface area (Å²) in [5, 5.41) is 2.68. The van der Waals surface area contributed by atoms with Gasteiger partial charge in [0.2, 0.25) is 5.91 Å². The predicted molar refractivity (Wildman–Crippen MR) is 90.7 cm³/mol. The number of amides is 3. The van der Waals surface area contributed by atoms with E-state index in [1.54, 1.807) is 13.1 Å². The zero-order chi connectivity index (χ0) is 17.0. The minimum Gasteiger partial charge on any atom is -0.379 e. The largest absolute Gasteiger partial charge is 0.379 e. The van der Waals surface area contributed by atoms with E-state index < -0.39 is 0 Å². The number of carbonyl (C=O) groups excluding carboxylic acids is 2. The molecular formula is C17H28N4O3. The lowest BCUT2D eigenvalue weighted by Gasteiger charge is -2.53. The van der Waals surface area contributed by atoms with Gasteiger partial charge in [-0.3, -0.25) is 9.69 Å². The molecule has 3 amide bonds. The first-order valence-electron chi connectivity index (χ1n) is 8.84. The number of nitrogens with one attached hydrogen (secondary N) is 1. The van der Waals surface area contributed by atoms with Crippen LogP contribution in [0.3, 0.4) is 0 Å². The van der Waals surface area contributed by atoms with E-state index >= 15 is 0 Å². The molecule has 0 atom stereocenters. The molecule has 0 bridgehead atoms. The lowest BCUT2D eigenvalue weighted by molar-refractivity contribution is -0.140. The molecule has 3 rings (SSSR count). The molecule has 3 aliphatic heterocycles. The second-order valence-electron chi connectivity index (χ2n) is 7.05. The molecule has 134 valence electrons. The Morgan fingerprint density at radius 2 is 1.75 bits per heavy atom. The average Bonchev–Trinajstić information content (AvgIpc) is 2.60. The van der Waals surface area contributed by atoms with Crippen molar-refractivity contribution < 1.29 is 14.3 Å². The Morgan fingerprint density at radius 3 is 2.38 bits per heavy atom. The molecule has 0 unspecified atom stereocenters. The van der Waals surface area contributed by atoms with Gasteiger partial charge in [0, 0.05) is 64.4 Å². The van der Waals surface area contributed by atoms with Crippen molar-refractivity contribution >= 4 is 11.9 Å². The fourth-order valence-corrected chi connectivity index (χ4v) is 3.77. The normalized spacial score (nSPS) is 24.2. The summed E-state index contributed by atoms with van der Waals surface area (Å²) in [7, 11) is 1.67. The molecule has 0 aromatic carbocycles. The lowest BCUT2D eigenvalue weighted by Crippen LogP contribution is -2.62. The SMILES string of the molecule is CNC(=O)N1CCC2(CC1)CN(C(=O)/C=C/CN1CCOCC1)C2. The molecule has 3 saturated heterocycles. The van der Waals surface area contributed by atoms with Crippen LogP contribution in [-0.2, 0) is 9.53 Å². The number of morpholine rings is 1. The Bertz CT molecular complexity index is 486. The molecule has 7 heteroatoms. The van der Waals surface area contributed by atoms with Crippen LogP contribution in [0.2, 0.25) is 0 Å². The van der Waals surface area contributed by atoms with Gasteiger partial charge in [0.05, 0.1) is 13.2 Å². The first kappa shape index (κ1) is 17.2. The molecule has 0 aliphatic carbocycles. The van der Waals surface area contributed by atoms with Gasteiger partial charge in [-0.1, -0.05) is 6.08 Å². The van der Waals surface area contributed by atoms with Crippen LogP contribution in [0.25, 0.3) is 0 Å². The van der Waals surface area contributed by atoms with Crippen LogP contribution < -0.4 is 5.32 Å². The molecule has 1 spiro atoms. The van der Waals surface area contributed by atoms with E-state index in [9.17, 15) is 9.59 Å². The molecule has 24 heavy (non-hydrogen) atoms. The molecule has 1 N–H and O–H groups in total. The Balaban J connectivity index is 1.38. The van der Waals surface area contributed by atoms with E-state index in [1.807, 2.05) is 15.9 Å². The Labute approximate surface area is 143 Å². The van der Waals surface area contributed by atoms with Gasteiger partial charge in [0.1, 0.15) is 0 Å². The first-order valence-corrected chi connectivity index (χ1v) is 8.84. The highest BCUT2D eigenvalue weighted by Gasteiger charge is 2.46. The van der Waals surface area contributed by atoms with Crippen LogP contribution in [0.1, 0.15) is 12.8 Å². The fourth-order valence-electron chi connectivity index (χ4n) is 3.77. The summed E-state index contributed by atoms with van der Waals surface area (Å²) in [6.45, 7) is 7.48. The van der Waals surface area contributed by atoms with E-state index in [0.29, 0.717) is 0 Å².